The zero-order valence-corrected chi connectivity index (χ0v) is 14.8. The Morgan fingerprint density at radius 3 is 1.65 bits per heavy atom. The van der Waals surface area contributed by atoms with Gasteiger partial charge >= 0.3 is 0 Å². The van der Waals surface area contributed by atoms with Gasteiger partial charge in [0.15, 0.2) is 12.5 Å². The molecule has 2 atom stereocenters. The molecule has 1 aliphatic heterocycles. The van der Waals surface area contributed by atoms with Gasteiger partial charge in [-0.1, -0.05) is 33.8 Å². The normalized spacial score (nSPS) is 21.8. The summed E-state index contributed by atoms with van der Waals surface area (Å²) in [6.45, 7) is 13.4. The Balaban J connectivity index is 2.22. The average Bonchev–Trinajstić information content (AvgIpc) is 2.56. The summed E-state index contributed by atoms with van der Waals surface area (Å²) in [7, 11) is 0. The second-order valence-electron chi connectivity index (χ2n) is 5.60. The average molecular weight is 322 g/mol. The fourth-order valence-corrected chi connectivity index (χ4v) is 2.89. The van der Waals surface area contributed by atoms with E-state index < -0.39 is 0 Å². The second-order valence-corrected chi connectivity index (χ2v) is 5.60. The Morgan fingerprint density at radius 1 is 0.826 bits per heavy atom. The molecule has 2 rings (SSSR count). The molecule has 0 aliphatic carbocycles. The second kappa shape index (κ2) is 9.11. The van der Waals surface area contributed by atoms with E-state index >= 15 is 0 Å². The summed E-state index contributed by atoms with van der Waals surface area (Å²) in [5, 5.41) is 0. The first kappa shape index (κ1) is 18.0. The topological polar surface area (TPSA) is 34.2 Å². The molecule has 0 spiro atoms. The summed E-state index contributed by atoms with van der Waals surface area (Å²) in [6.07, 6.45) is -0.147. The molecule has 0 fully saturated rings. The fraction of sp³-hybridized carbons (Fsp3) is 0.667. The Morgan fingerprint density at radius 2 is 1.26 bits per heavy atom. The zero-order chi connectivity index (χ0) is 16.7. The van der Waals surface area contributed by atoms with Crippen molar-refractivity contribution in [3.05, 3.63) is 24.3 Å². The van der Waals surface area contributed by atoms with Crippen molar-refractivity contribution in [2.75, 3.05) is 39.4 Å². The van der Waals surface area contributed by atoms with Crippen molar-refractivity contribution in [2.24, 2.45) is 0 Å². The monoisotopic (exact) mass is 322 g/mol. The first-order valence-corrected chi connectivity index (χ1v) is 8.70. The zero-order valence-electron chi connectivity index (χ0n) is 14.8. The lowest BCUT2D eigenvalue weighted by molar-refractivity contribution is -0.0852. The molecule has 1 heterocycles. The van der Waals surface area contributed by atoms with E-state index in [-0.39, 0.29) is 12.5 Å². The number of rotatable bonds is 6. The maximum Gasteiger partial charge on any atom is 0.176 e. The number of nitrogens with zero attached hydrogens (tertiary/aromatic N) is 2. The van der Waals surface area contributed by atoms with Crippen LogP contribution in [0.3, 0.4) is 0 Å². The van der Waals surface area contributed by atoms with Crippen LogP contribution in [0.15, 0.2) is 24.3 Å². The Bertz CT molecular complexity index is 424. The van der Waals surface area contributed by atoms with Gasteiger partial charge in [0.1, 0.15) is 11.5 Å². The molecule has 5 heteroatoms. The van der Waals surface area contributed by atoms with Crippen molar-refractivity contribution in [3.63, 3.8) is 0 Å². The van der Waals surface area contributed by atoms with Gasteiger partial charge in [-0.05, 0) is 38.3 Å². The van der Waals surface area contributed by atoms with Crippen molar-refractivity contribution < 1.29 is 14.2 Å². The minimum atomic E-state index is -0.0734. The summed E-state index contributed by atoms with van der Waals surface area (Å²) in [6, 6.07) is 7.89. The molecule has 1 aromatic carbocycles. The molecule has 2 bridgehead atoms. The first-order valence-electron chi connectivity index (χ1n) is 8.70. The molecular formula is C18H30N2O3. The summed E-state index contributed by atoms with van der Waals surface area (Å²) >= 11 is 0. The van der Waals surface area contributed by atoms with Crippen molar-refractivity contribution in [1.29, 1.82) is 0 Å². The van der Waals surface area contributed by atoms with Crippen LogP contribution in [0.2, 0.25) is 0 Å². The van der Waals surface area contributed by atoms with Gasteiger partial charge in [0.05, 0.1) is 13.2 Å². The number of likely N-dealkylation sites (N-methyl/N-ethyl adjacent to an activating group) is 2. The van der Waals surface area contributed by atoms with E-state index in [1.165, 1.54) is 0 Å². The Labute approximate surface area is 140 Å². The molecule has 5 nitrogen and oxygen atoms in total. The molecule has 1 aliphatic rings. The van der Waals surface area contributed by atoms with E-state index in [0.29, 0.717) is 13.2 Å². The van der Waals surface area contributed by atoms with Gasteiger partial charge in [-0.3, -0.25) is 9.80 Å². The van der Waals surface area contributed by atoms with Gasteiger partial charge in [-0.2, -0.15) is 0 Å². The molecule has 1 aromatic rings. The molecule has 130 valence electrons. The van der Waals surface area contributed by atoms with Crippen LogP contribution in [0, 0.1) is 0 Å². The maximum absolute atomic E-state index is 6.13. The highest BCUT2D eigenvalue weighted by molar-refractivity contribution is 5.33. The summed E-state index contributed by atoms with van der Waals surface area (Å²) < 4.78 is 18.2. The fourth-order valence-electron chi connectivity index (χ4n) is 2.89. The lowest BCUT2D eigenvalue weighted by atomic mass is 10.3. The van der Waals surface area contributed by atoms with Crippen molar-refractivity contribution in [3.8, 4) is 11.5 Å². The SMILES string of the molecule is CCN(CC)C1COCC(N(CC)CC)Oc2cccc(c2)O1. The molecule has 0 radical (unpaired) electrons. The maximum atomic E-state index is 6.13. The van der Waals surface area contributed by atoms with Crippen LogP contribution in [-0.4, -0.2) is 61.6 Å². The van der Waals surface area contributed by atoms with Crippen LogP contribution >= 0.6 is 0 Å². The lowest BCUT2D eigenvalue weighted by Gasteiger charge is -2.34. The largest absolute Gasteiger partial charge is 0.473 e. The summed E-state index contributed by atoms with van der Waals surface area (Å²) in [5.41, 5.74) is 0. The third kappa shape index (κ3) is 4.83. The van der Waals surface area contributed by atoms with Gasteiger partial charge < -0.3 is 14.2 Å². The van der Waals surface area contributed by atoms with Crippen LogP contribution < -0.4 is 9.47 Å². The van der Waals surface area contributed by atoms with Gasteiger partial charge in [-0.15, -0.1) is 0 Å². The summed E-state index contributed by atoms with van der Waals surface area (Å²) in [5.74, 6) is 1.64. The van der Waals surface area contributed by atoms with Crippen molar-refractivity contribution >= 4 is 0 Å². The van der Waals surface area contributed by atoms with E-state index in [4.69, 9.17) is 14.2 Å². The third-order valence-electron chi connectivity index (χ3n) is 4.31. The van der Waals surface area contributed by atoms with E-state index in [0.717, 1.165) is 37.7 Å². The van der Waals surface area contributed by atoms with Crippen LogP contribution in [-0.2, 0) is 4.74 Å². The minimum Gasteiger partial charge on any atom is -0.473 e. The molecule has 0 saturated heterocycles. The molecule has 0 amide bonds. The number of ether oxygens (including phenoxy) is 3. The molecular weight excluding hydrogens is 292 g/mol. The number of benzene rings is 1. The number of hydrogen-bond donors (Lipinski definition) is 0. The van der Waals surface area contributed by atoms with Gasteiger partial charge in [0, 0.05) is 6.07 Å². The Hall–Kier alpha value is -1.30. The molecule has 23 heavy (non-hydrogen) atoms. The van der Waals surface area contributed by atoms with E-state index in [2.05, 4.69) is 37.5 Å². The summed E-state index contributed by atoms with van der Waals surface area (Å²) in [4.78, 5) is 4.53. The third-order valence-corrected chi connectivity index (χ3v) is 4.31. The molecule has 0 aromatic heterocycles. The van der Waals surface area contributed by atoms with E-state index in [1.807, 2.05) is 24.3 Å². The predicted octanol–water partition coefficient (Wildman–Crippen LogP) is 2.81. The van der Waals surface area contributed by atoms with Gasteiger partial charge in [-0.25, -0.2) is 0 Å². The van der Waals surface area contributed by atoms with Gasteiger partial charge in [0.2, 0.25) is 0 Å². The first-order chi connectivity index (χ1) is 11.2. The highest BCUT2D eigenvalue weighted by Gasteiger charge is 2.23. The molecule has 0 N–H and O–H groups in total. The van der Waals surface area contributed by atoms with Crippen LogP contribution in [0.4, 0.5) is 0 Å². The number of fused-ring (bicyclic) bond motifs is 2. The van der Waals surface area contributed by atoms with Crippen molar-refractivity contribution in [2.45, 2.75) is 40.2 Å². The smallest absolute Gasteiger partial charge is 0.176 e. The molecule has 0 saturated carbocycles. The Kier molecular flexibility index (Phi) is 7.15. The van der Waals surface area contributed by atoms with Crippen LogP contribution in [0.25, 0.3) is 0 Å². The van der Waals surface area contributed by atoms with Crippen LogP contribution in [0.5, 0.6) is 11.5 Å². The predicted molar refractivity (Wildman–Crippen MR) is 91.9 cm³/mol. The van der Waals surface area contributed by atoms with Gasteiger partial charge in [0.25, 0.3) is 0 Å². The lowest BCUT2D eigenvalue weighted by Crippen LogP contribution is -2.46. The van der Waals surface area contributed by atoms with E-state index in [9.17, 15) is 0 Å². The van der Waals surface area contributed by atoms with Crippen molar-refractivity contribution in [1.82, 2.24) is 9.80 Å². The quantitative estimate of drug-likeness (QED) is 0.804. The standard InChI is InChI=1S/C18H30N2O3/c1-5-19(6-2)17-13-21-14-18(20(7-3)8-4)23-16-11-9-10-15(12-16)22-17/h9-12,17-18H,5-8,13-14H2,1-4H3. The van der Waals surface area contributed by atoms with E-state index in [1.54, 1.807) is 0 Å². The highest BCUT2D eigenvalue weighted by Crippen LogP contribution is 2.24. The number of hydrogen-bond acceptors (Lipinski definition) is 5. The minimum absolute atomic E-state index is 0.0734. The van der Waals surface area contributed by atoms with Crippen LogP contribution in [0.1, 0.15) is 27.7 Å². The molecule has 2 unspecified atom stereocenters. The highest BCUT2D eigenvalue weighted by atomic mass is 16.6.